The molecule has 0 saturated heterocycles. The van der Waals surface area contributed by atoms with Gasteiger partial charge in [-0.2, -0.15) is 0 Å². The molecule has 0 bridgehead atoms. The molecule has 21 heavy (non-hydrogen) atoms. The van der Waals surface area contributed by atoms with Crippen LogP contribution in [-0.4, -0.2) is 23.8 Å². The van der Waals surface area contributed by atoms with Crippen LogP contribution < -0.4 is 5.32 Å². The van der Waals surface area contributed by atoms with Crippen molar-refractivity contribution in [2.24, 2.45) is 0 Å². The van der Waals surface area contributed by atoms with Crippen LogP contribution in [0.2, 0.25) is 0 Å². The van der Waals surface area contributed by atoms with Crippen LogP contribution in [0, 0.1) is 13.8 Å². The maximum atomic E-state index is 5.43. The van der Waals surface area contributed by atoms with Crippen molar-refractivity contribution < 1.29 is 4.74 Å². The summed E-state index contributed by atoms with van der Waals surface area (Å²) < 4.78 is 7.80. The van der Waals surface area contributed by atoms with Crippen LogP contribution in [0.25, 0.3) is 10.9 Å². The standard InChI is InChI=1S/C18H28N2O/c1-12(2)19-10-16-7-8-18-17(9-16)14(4)15(5)20(18)11-13(3)21-6/h7-9,12-13,19H,10-11H2,1-6H3. The van der Waals surface area contributed by atoms with Gasteiger partial charge in [-0.05, 0) is 44.0 Å². The van der Waals surface area contributed by atoms with Crippen molar-refractivity contribution in [3.8, 4) is 0 Å². The van der Waals surface area contributed by atoms with Crippen molar-refractivity contribution in [3.05, 3.63) is 35.0 Å². The van der Waals surface area contributed by atoms with Crippen molar-refractivity contribution in [1.29, 1.82) is 0 Å². The highest BCUT2D eigenvalue weighted by Crippen LogP contribution is 2.26. The Kier molecular flexibility index (Phi) is 5.07. The van der Waals surface area contributed by atoms with Crippen LogP contribution in [0.4, 0.5) is 0 Å². The first-order valence-corrected chi connectivity index (χ1v) is 7.78. The number of fused-ring (bicyclic) bond motifs is 1. The molecule has 1 heterocycles. The number of rotatable bonds is 6. The van der Waals surface area contributed by atoms with E-state index in [1.807, 2.05) is 0 Å². The lowest BCUT2D eigenvalue weighted by atomic mass is 10.1. The number of nitrogens with zero attached hydrogens (tertiary/aromatic N) is 1. The van der Waals surface area contributed by atoms with E-state index in [0.717, 1.165) is 13.1 Å². The van der Waals surface area contributed by atoms with Gasteiger partial charge < -0.3 is 14.6 Å². The van der Waals surface area contributed by atoms with E-state index in [2.05, 4.69) is 62.7 Å². The number of hydrogen-bond acceptors (Lipinski definition) is 2. The quantitative estimate of drug-likeness (QED) is 0.875. The summed E-state index contributed by atoms with van der Waals surface area (Å²) in [5, 5.41) is 4.84. The highest BCUT2D eigenvalue weighted by Gasteiger charge is 2.13. The third-order valence-electron chi connectivity index (χ3n) is 4.26. The summed E-state index contributed by atoms with van der Waals surface area (Å²) in [5.74, 6) is 0. The lowest BCUT2D eigenvalue weighted by molar-refractivity contribution is 0.104. The summed E-state index contributed by atoms with van der Waals surface area (Å²) in [6.07, 6.45) is 0.223. The SMILES string of the molecule is COC(C)Cn1c(C)c(C)c2cc(CNC(C)C)ccc21. The second-order valence-corrected chi connectivity index (χ2v) is 6.25. The van der Waals surface area contributed by atoms with Gasteiger partial charge in [0.15, 0.2) is 0 Å². The van der Waals surface area contributed by atoms with E-state index in [1.54, 1.807) is 7.11 Å². The maximum Gasteiger partial charge on any atom is 0.0722 e. The number of aromatic nitrogens is 1. The Morgan fingerprint density at radius 3 is 2.52 bits per heavy atom. The zero-order valence-electron chi connectivity index (χ0n) is 14.2. The molecular weight excluding hydrogens is 260 g/mol. The summed E-state index contributed by atoms with van der Waals surface area (Å²) in [6.45, 7) is 12.7. The average molecular weight is 288 g/mol. The van der Waals surface area contributed by atoms with Gasteiger partial charge in [-0.3, -0.25) is 0 Å². The van der Waals surface area contributed by atoms with Gasteiger partial charge in [0.1, 0.15) is 0 Å². The fourth-order valence-electron chi connectivity index (χ4n) is 2.70. The largest absolute Gasteiger partial charge is 0.380 e. The predicted molar refractivity (Wildman–Crippen MR) is 89.9 cm³/mol. The monoisotopic (exact) mass is 288 g/mol. The smallest absolute Gasteiger partial charge is 0.0722 e. The zero-order valence-corrected chi connectivity index (χ0v) is 14.2. The third kappa shape index (κ3) is 3.47. The number of ether oxygens (including phenoxy) is 1. The van der Waals surface area contributed by atoms with Crippen LogP contribution >= 0.6 is 0 Å². The minimum absolute atomic E-state index is 0.223. The zero-order chi connectivity index (χ0) is 15.6. The van der Waals surface area contributed by atoms with Crippen molar-refractivity contribution in [2.45, 2.75) is 59.9 Å². The molecule has 0 amide bonds. The molecule has 1 unspecified atom stereocenters. The molecule has 1 aromatic heterocycles. The van der Waals surface area contributed by atoms with Gasteiger partial charge >= 0.3 is 0 Å². The Balaban J connectivity index is 2.37. The van der Waals surface area contributed by atoms with Gasteiger partial charge in [-0.25, -0.2) is 0 Å². The first kappa shape index (κ1) is 16.1. The van der Waals surface area contributed by atoms with Crippen LogP contribution in [0.5, 0.6) is 0 Å². The average Bonchev–Trinajstić information content (AvgIpc) is 2.70. The van der Waals surface area contributed by atoms with Gasteiger partial charge in [0.05, 0.1) is 6.10 Å². The highest BCUT2D eigenvalue weighted by molar-refractivity contribution is 5.86. The number of nitrogens with one attached hydrogen (secondary N) is 1. The second kappa shape index (κ2) is 6.63. The van der Waals surface area contributed by atoms with E-state index < -0.39 is 0 Å². The highest BCUT2D eigenvalue weighted by atomic mass is 16.5. The molecule has 1 N–H and O–H groups in total. The fourth-order valence-corrected chi connectivity index (χ4v) is 2.70. The topological polar surface area (TPSA) is 26.2 Å². The summed E-state index contributed by atoms with van der Waals surface area (Å²) in [5.41, 5.74) is 5.36. The molecule has 0 radical (unpaired) electrons. The number of benzene rings is 1. The lowest BCUT2D eigenvalue weighted by Gasteiger charge is -2.14. The van der Waals surface area contributed by atoms with Gasteiger partial charge in [0, 0.05) is 42.8 Å². The molecule has 3 heteroatoms. The van der Waals surface area contributed by atoms with E-state index in [4.69, 9.17) is 4.74 Å². The number of methoxy groups -OCH3 is 1. The Morgan fingerprint density at radius 2 is 1.90 bits per heavy atom. The summed E-state index contributed by atoms with van der Waals surface area (Å²) >= 11 is 0. The van der Waals surface area contributed by atoms with Crippen LogP contribution in [-0.2, 0) is 17.8 Å². The van der Waals surface area contributed by atoms with Gasteiger partial charge in [0.25, 0.3) is 0 Å². The molecular formula is C18H28N2O. The molecule has 0 aliphatic rings. The molecule has 0 aliphatic heterocycles. The second-order valence-electron chi connectivity index (χ2n) is 6.25. The van der Waals surface area contributed by atoms with E-state index in [1.165, 1.54) is 27.7 Å². The Hall–Kier alpha value is -1.32. The summed E-state index contributed by atoms with van der Waals surface area (Å²) in [7, 11) is 1.77. The number of hydrogen-bond donors (Lipinski definition) is 1. The minimum Gasteiger partial charge on any atom is -0.380 e. The molecule has 116 valence electrons. The van der Waals surface area contributed by atoms with Crippen molar-refractivity contribution in [1.82, 2.24) is 9.88 Å². The van der Waals surface area contributed by atoms with Crippen molar-refractivity contribution in [2.75, 3.05) is 7.11 Å². The molecule has 2 aromatic rings. The molecule has 0 fully saturated rings. The normalized spacial score (nSPS) is 13.3. The van der Waals surface area contributed by atoms with Gasteiger partial charge in [0.2, 0.25) is 0 Å². The Morgan fingerprint density at radius 1 is 1.19 bits per heavy atom. The van der Waals surface area contributed by atoms with Crippen LogP contribution in [0.3, 0.4) is 0 Å². The summed E-state index contributed by atoms with van der Waals surface area (Å²) in [4.78, 5) is 0. The first-order chi connectivity index (χ1) is 9.93. The van der Waals surface area contributed by atoms with Gasteiger partial charge in [-0.15, -0.1) is 0 Å². The minimum atomic E-state index is 0.223. The molecule has 1 atom stereocenters. The molecule has 0 spiro atoms. The van der Waals surface area contributed by atoms with Crippen LogP contribution in [0.15, 0.2) is 18.2 Å². The molecule has 3 nitrogen and oxygen atoms in total. The summed E-state index contributed by atoms with van der Waals surface area (Å²) in [6, 6.07) is 7.30. The predicted octanol–water partition coefficient (Wildman–Crippen LogP) is 3.79. The Labute approximate surface area is 128 Å². The van der Waals surface area contributed by atoms with Crippen molar-refractivity contribution in [3.63, 3.8) is 0 Å². The maximum absolute atomic E-state index is 5.43. The molecule has 1 aromatic carbocycles. The van der Waals surface area contributed by atoms with Crippen LogP contribution in [0.1, 0.15) is 37.6 Å². The van der Waals surface area contributed by atoms with E-state index in [0.29, 0.717) is 6.04 Å². The molecule has 2 rings (SSSR count). The van der Waals surface area contributed by atoms with Gasteiger partial charge in [-0.1, -0.05) is 19.9 Å². The Bertz CT molecular complexity index is 613. The number of aryl methyl sites for hydroxylation is 1. The fraction of sp³-hybridized carbons (Fsp3) is 0.556. The van der Waals surface area contributed by atoms with E-state index in [9.17, 15) is 0 Å². The van der Waals surface area contributed by atoms with Crippen molar-refractivity contribution >= 4 is 10.9 Å². The van der Waals surface area contributed by atoms with E-state index in [-0.39, 0.29) is 6.10 Å². The lowest BCUT2D eigenvalue weighted by Crippen LogP contribution is -2.21. The van der Waals surface area contributed by atoms with E-state index >= 15 is 0 Å². The molecule has 0 saturated carbocycles. The first-order valence-electron chi connectivity index (χ1n) is 7.78. The molecule has 0 aliphatic carbocycles. The third-order valence-corrected chi connectivity index (χ3v) is 4.26.